The van der Waals surface area contributed by atoms with Crippen LogP contribution in [0.25, 0.3) is 0 Å². The molecule has 0 fully saturated rings. The van der Waals surface area contributed by atoms with E-state index in [9.17, 15) is 10.1 Å². The third-order valence-corrected chi connectivity index (χ3v) is 1.76. The second-order valence-electron chi connectivity index (χ2n) is 2.97. The van der Waals surface area contributed by atoms with Crippen molar-refractivity contribution < 1.29 is 4.92 Å². The van der Waals surface area contributed by atoms with Gasteiger partial charge in [0.05, 0.1) is 4.92 Å². The monoisotopic (exact) mass is 225 g/mol. The number of hydrogen-bond donors (Lipinski definition) is 0. The van der Waals surface area contributed by atoms with E-state index in [-0.39, 0.29) is 16.5 Å². The van der Waals surface area contributed by atoms with E-state index in [0.29, 0.717) is 0 Å². The van der Waals surface area contributed by atoms with Gasteiger partial charge in [0.25, 0.3) is 5.69 Å². The molecule has 0 bridgehead atoms. The van der Waals surface area contributed by atoms with Crippen LogP contribution in [0.3, 0.4) is 0 Å². The van der Waals surface area contributed by atoms with Crippen molar-refractivity contribution in [2.24, 2.45) is 0 Å². The zero-order valence-electron chi connectivity index (χ0n) is 11.2. The SMILES string of the molecule is CC.CC.CC(C)c1ccccc1[N+](=O)[O-]. The van der Waals surface area contributed by atoms with Gasteiger partial charge in [-0.15, -0.1) is 0 Å². The first-order valence-corrected chi connectivity index (χ1v) is 5.86. The van der Waals surface area contributed by atoms with Gasteiger partial charge < -0.3 is 0 Å². The molecule has 1 aromatic carbocycles. The van der Waals surface area contributed by atoms with E-state index in [0.717, 1.165) is 5.56 Å². The van der Waals surface area contributed by atoms with Crippen LogP contribution in [0.4, 0.5) is 5.69 Å². The number of rotatable bonds is 2. The Bertz CT molecular complexity index is 296. The molecule has 3 heteroatoms. The van der Waals surface area contributed by atoms with Crippen LogP contribution in [0, 0.1) is 10.1 Å². The molecule has 0 saturated heterocycles. The molecule has 0 radical (unpaired) electrons. The van der Waals surface area contributed by atoms with Crippen LogP contribution in [-0.4, -0.2) is 4.92 Å². The normalized spacial score (nSPS) is 8.44. The molecule has 0 heterocycles. The molecule has 0 amide bonds. The molecule has 1 aromatic rings. The Hall–Kier alpha value is -1.38. The van der Waals surface area contributed by atoms with Gasteiger partial charge in [0.1, 0.15) is 0 Å². The molecule has 16 heavy (non-hydrogen) atoms. The second-order valence-corrected chi connectivity index (χ2v) is 2.97. The zero-order chi connectivity index (χ0) is 13.1. The summed E-state index contributed by atoms with van der Waals surface area (Å²) in [5.74, 6) is 0.201. The maximum absolute atomic E-state index is 10.5. The first-order valence-electron chi connectivity index (χ1n) is 5.86. The summed E-state index contributed by atoms with van der Waals surface area (Å²) < 4.78 is 0. The summed E-state index contributed by atoms with van der Waals surface area (Å²) in [4.78, 5) is 10.2. The summed E-state index contributed by atoms with van der Waals surface area (Å²) in [5.41, 5.74) is 1.01. The first-order chi connectivity index (χ1) is 7.63. The smallest absolute Gasteiger partial charge is 0.258 e. The lowest BCUT2D eigenvalue weighted by atomic mass is 10.0. The van der Waals surface area contributed by atoms with E-state index in [1.54, 1.807) is 12.1 Å². The molecule has 0 aliphatic carbocycles. The minimum absolute atomic E-state index is 0.201. The van der Waals surface area contributed by atoms with Gasteiger partial charge in [-0.2, -0.15) is 0 Å². The Morgan fingerprint density at radius 2 is 1.50 bits per heavy atom. The van der Waals surface area contributed by atoms with Crippen molar-refractivity contribution >= 4 is 5.69 Å². The van der Waals surface area contributed by atoms with Crippen molar-refractivity contribution in [1.29, 1.82) is 0 Å². The van der Waals surface area contributed by atoms with Crippen LogP contribution < -0.4 is 0 Å². The number of para-hydroxylation sites is 1. The van der Waals surface area contributed by atoms with E-state index in [1.165, 1.54) is 6.07 Å². The highest BCUT2D eigenvalue weighted by Gasteiger charge is 2.13. The predicted molar refractivity (Wildman–Crippen MR) is 69.9 cm³/mol. The second kappa shape index (κ2) is 10.1. The van der Waals surface area contributed by atoms with Gasteiger partial charge in [-0.05, 0) is 5.92 Å². The number of nitro groups is 1. The summed E-state index contributed by atoms with van der Waals surface area (Å²) in [6.07, 6.45) is 0. The average Bonchev–Trinajstić information content (AvgIpc) is 2.34. The van der Waals surface area contributed by atoms with Crippen LogP contribution in [0.5, 0.6) is 0 Å². The highest BCUT2D eigenvalue weighted by molar-refractivity contribution is 5.41. The summed E-state index contributed by atoms with van der Waals surface area (Å²) >= 11 is 0. The van der Waals surface area contributed by atoms with Crippen molar-refractivity contribution in [3.63, 3.8) is 0 Å². The van der Waals surface area contributed by atoms with E-state index in [2.05, 4.69) is 0 Å². The Kier molecular flexibility index (Phi) is 10.8. The molecule has 92 valence electrons. The molecule has 0 saturated carbocycles. The van der Waals surface area contributed by atoms with Crippen molar-refractivity contribution in [3.8, 4) is 0 Å². The number of hydrogen-bond acceptors (Lipinski definition) is 2. The Morgan fingerprint density at radius 1 is 1.06 bits per heavy atom. The number of benzene rings is 1. The third kappa shape index (κ3) is 5.49. The molecule has 3 nitrogen and oxygen atoms in total. The molecule has 0 aromatic heterocycles. The van der Waals surface area contributed by atoms with Crippen LogP contribution >= 0.6 is 0 Å². The topological polar surface area (TPSA) is 43.1 Å². The number of nitrogens with zero attached hydrogens (tertiary/aromatic N) is 1. The molecule has 0 N–H and O–H groups in total. The van der Waals surface area contributed by atoms with Gasteiger partial charge in [-0.3, -0.25) is 10.1 Å². The minimum Gasteiger partial charge on any atom is -0.258 e. The van der Waals surface area contributed by atoms with Gasteiger partial charge in [-0.1, -0.05) is 59.7 Å². The average molecular weight is 225 g/mol. The molecule has 0 aliphatic rings. The predicted octanol–water partition coefficient (Wildman–Crippen LogP) is 4.77. The van der Waals surface area contributed by atoms with Crippen LogP contribution in [-0.2, 0) is 0 Å². The fourth-order valence-electron chi connectivity index (χ4n) is 1.14. The summed E-state index contributed by atoms with van der Waals surface area (Å²) in [6, 6.07) is 6.84. The van der Waals surface area contributed by atoms with Gasteiger partial charge in [0.2, 0.25) is 0 Å². The molecule has 0 atom stereocenters. The molecule has 1 rings (SSSR count). The lowest BCUT2D eigenvalue weighted by Gasteiger charge is -2.04. The molecule has 0 aliphatic heterocycles. The summed E-state index contributed by atoms with van der Waals surface area (Å²) in [7, 11) is 0. The fraction of sp³-hybridized carbons (Fsp3) is 0.538. The Morgan fingerprint density at radius 3 is 1.81 bits per heavy atom. The minimum atomic E-state index is -0.338. The molecular weight excluding hydrogens is 202 g/mol. The lowest BCUT2D eigenvalue weighted by Crippen LogP contribution is -1.96. The van der Waals surface area contributed by atoms with Crippen LogP contribution in [0.2, 0.25) is 0 Å². The van der Waals surface area contributed by atoms with Crippen molar-refractivity contribution in [2.45, 2.75) is 47.5 Å². The fourth-order valence-corrected chi connectivity index (χ4v) is 1.14. The Labute approximate surface area is 98.7 Å². The maximum atomic E-state index is 10.5. The van der Waals surface area contributed by atoms with Crippen molar-refractivity contribution in [2.75, 3.05) is 0 Å². The third-order valence-electron chi connectivity index (χ3n) is 1.76. The lowest BCUT2D eigenvalue weighted by molar-refractivity contribution is -0.385. The van der Waals surface area contributed by atoms with Crippen LogP contribution in [0.1, 0.15) is 53.0 Å². The summed E-state index contributed by atoms with van der Waals surface area (Å²) in [6.45, 7) is 11.9. The summed E-state index contributed by atoms with van der Waals surface area (Å²) in [5, 5.41) is 10.5. The zero-order valence-corrected chi connectivity index (χ0v) is 11.2. The Balaban J connectivity index is 0. The van der Waals surface area contributed by atoms with E-state index >= 15 is 0 Å². The van der Waals surface area contributed by atoms with E-state index < -0.39 is 0 Å². The van der Waals surface area contributed by atoms with Crippen molar-refractivity contribution in [1.82, 2.24) is 0 Å². The molecule has 0 unspecified atom stereocenters. The largest absolute Gasteiger partial charge is 0.272 e. The highest BCUT2D eigenvalue weighted by atomic mass is 16.6. The van der Waals surface area contributed by atoms with Crippen LogP contribution in [0.15, 0.2) is 24.3 Å². The van der Waals surface area contributed by atoms with Gasteiger partial charge in [0, 0.05) is 11.6 Å². The molecule has 0 spiro atoms. The van der Waals surface area contributed by atoms with Gasteiger partial charge >= 0.3 is 0 Å². The van der Waals surface area contributed by atoms with Gasteiger partial charge in [0.15, 0.2) is 0 Å². The standard InChI is InChI=1S/C9H11NO2.2C2H6/c1-7(2)8-5-3-4-6-9(8)10(11)12;2*1-2/h3-7H,1-2H3;2*1-2H3. The molecular formula is C13H23NO2. The highest BCUT2D eigenvalue weighted by Crippen LogP contribution is 2.24. The van der Waals surface area contributed by atoms with Gasteiger partial charge in [-0.25, -0.2) is 0 Å². The van der Waals surface area contributed by atoms with E-state index in [1.807, 2.05) is 47.6 Å². The van der Waals surface area contributed by atoms with E-state index in [4.69, 9.17) is 0 Å². The maximum Gasteiger partial charge on any atom is 0.272 e. The quantitative estimate of drug-likeness (QED) is 0.537. The van der Waals surface area contributed by atoms with Crippen molar-refractivity contribution in [3.05, 3.63) is 39.9 Å². The number of nitro benzene ring substituents is 1. The first kappa shape index (κ1) is 17.0.